The summed E-state index contributed by atoms with van der Waals surface area (Å²) < 4.78 is 19.3. The van der Waals surface area contributed by atoms with Gasteiger partial charge in [0.2, 0.25) is 0 Å². The standard InChI is InChI=1S/2FH.Mn.2H2O/h2*1H;;2*1H2/q;;+2;;/p-2. The van der Waals surface area contributed by atoms with Crippen LogP contribution in [0.15, 0.2) is 0 Å². The quantitative estimate of drug-likeness (QED) is 0.384. The van der Waals surface area contributed by atoms with Gasteiger partial charge in [-0.2, -0.15) is 0 Å². The van der Waals surface area contributed by atoms with Gasteiger partial charge in [0.15, 0.2) is 0 Å². The van der Waals surface area contributed by atoms with Crippen molar-refractivity contribution in [2.24, 2.45) is 0 Å². The summed E-state index contributed by atoms with van der Waals surface area (Å²) in [7, 11) is 0. The molecule has 0 aromatic rings. The van der Waals surface area contributed by atoms with Crippen LogP contribution in [0, 0.1) is 0 Å². The molecule has 0 aromatic heterocycles. The van der Waals surface area contributed by atoms with Crippen molar-refractivity contribution < 1.29 is 33.9 Å². The summed E-state index contributed by atoms with van der Waals surface area (Å²) in [5.74, 6) is 0. The Morgan fingerprint density at radius 2 is 1.00 bits per heavy atom. The van der Waals surface area contributed by atoms with Gasteiger partial charge in [-0.15, -0.1) is 0 Å². The molecule has 0 unspecified atom stereocenters. The first kappa shape index (κ1) is 18.5. The fourth-order valence-corrected chi connectivity index (χ4v) is 0. The average molecular weight is 129 g/mol. The van der Waals surface area contributed by atoms with Crippen LogP contribution in [0.25, 0.3) is 0 Å². The van der Waals surface area contributed by atoms with E-state index in [1.807, 2.05) is 0 Å². The molecule has 37 valence electrons. The van der Waals surface area contributed by atoms with Crippen molar-refractivity contribution in [3.05, 3.63) is 0 Å². The summed E-state index contributed by atoms with van der Waals surface area (Å²) in [5, 5.41) is 0. The Morgan fingerprint density at radius 3 is 1.00 bits per heavy atom. The van der Waals surface area contributed by atoms with Crippen LogP contribution in [0.5, 0.6) is 0 Å². The molecule has 5 heavy (non-hydrogen) atoms. The van der Waals surface area contributed by atoms with Gasteiger partial charge in [0.25, 0.3) is 0 Å². The van der Waals surface area contributed by atoms with E-state index in [1.165, 1.54) is 0 Å². The van der Waals surface area contributed by atoms with E-state index in [0.717, 1.165) is 0 Å². The molecule has 0 aromatic carbocycles. The number of rotatable bonds is 0. The van der Waals surface area contributed by atoms with Crippen molar-refractivity contribution in [1.82, 2.24) is 0 Å². The Labute approximate surface area is 34.9 Å². The van der Waals surface area contributed by atoms with Gasteiger partial charge < -0.3 is 11.0 Å². The number of hydrogen-bond donors (Lipinski definition) is 0. The molecular weight excluding hydrogens is 125 g/mol. The Bertz CT molecular complexity index is 7.61. The second-order valence-electron chi connectivity index (χ2n) is 0.0540. The van der Waals surface area contributed by atoms with Gasteiger partial charge in [-0.3, -0.25) is 0 Å². The minimum atomic E-state index is -1.94. The van der Waals surface area contributed by atoms with Gasteiger partial charge in [0.1, 0.15) is 0 Å². The first-order valence-electron chi connectivity index (χ1n) is 0.286. The van der Waals surface area contributed by atoms with E-state index in [-0.39, 0.29) is 11.0 Å². The first-order chi connectivity index (χ1) is 1.41. The SMILES string of the molecule is O.O.[F][Mn][F]. The normalized spacial score (nSPS) is 3.60. The molecule has 0 aliphatic rings. The molecule has 0 radical (unpaired) electrons. The zero-order valence-electron chi connectivity index (χ0n) is 2.13. The molecule has 0 aliphatic heterocycles. The van der Waals surface area contributed by atoms with Gasteiger partial charge in [-0.1, -0.05) is 0 Å². The fraction of sp³-hybridized carbons (Fsp3) is 0. The van der Waals surface area contributed by atoms with E-state index in [4.69, 9.17) is 0 Å². The van der Waals surface area contributed by atoms with E-state index >= 15 is 0 Å². The molecule has 0 amide bonds. The molecule has 0 rings (SSSR count). The number of hydrogen-bond acceptors (Lipinski definition) is 0. The summed E-state index contributed by atoms with van der Waals surface area (Å²) in [6.45, 7) is 0. The fourth-order valence-electron chi connectivity index (χ4n) is 0. The van der Waals surface area contributed by atoms with Crippen molar-refractivity contribution >= 4 is 0 Å². The van der Waals surface area contributed by atoms with Crippen molar-refractivity contribution in [2.45, 2.75) is 0 Å². The summed E-state index contributed by atoms with van der Waals surface area (Å²) in [6, 6.07) is 0. The van der Waals surface area contributed by atoms with E-state index in [2.05, 4.69) is 0 Å². The van der Waals surface area contributed by atoms with Crippen LogP contribution in [0.4, 0.5) is 7.10 Å². The Hall–Kier alpha value is 0.299. The summed E-state index contributed by atoms with van der Waals surface area (Å²) >= 11 is -1.94. The van der Waals surface area contributed by atoms with E-state index in [1.54, 1.807) is 0 Å². The maximum atomic E-state index is 9.66. The van der Waals surface area contributed by atoms with Gasteiger partial charge in [0, 0.05) is 0 Å². The predicted molar refractivity (Wildman–Crippen MR) is 9.44 cm³/mol. The van der Waals surface area contributed by atoms with Crippen LogP contribution < -0.4 is 0 Å². The second-order valence-corrected chi connectivity index (χ2v) is 0.223. The monoisotopic (exact) mass is 129 g/mol. The van der Waals surface area contributed by atoms with Crippen LogP contribution in [0.1, 0.15) is 0 Å². The van der Waals surface area contributed by atoms with E-state index < -0.39 is 15.9 Å². The predicted octanol–water partition coefficient (Wildman–Crippen LogP) is -0.811. The summed E-state index contributed by atoms with van der Waals surface area (Å²) in [5.41, 5.74) is 0. The van der Waals surface area contributed by atoms with Gasteiger partial charge in [-0.25, -0.2) is 0 Å². The molecule has 0 fully saturated rings. The van der Waals surface area contributed by atoms with Crippen LogP contribution in [-0.2, 0) is 15.9 Å². The Balaban J connectivity index is -0.0000000200. The third-order valence-corrected chi connectivity index (χ3v) is 0. The average Bonchev–Trinajstić information content (AvgIpc) is 0.918. The molecule has 0 spiro atoms. The molecule has 0 atom stereocenters. The molecule has 0 heterocycles. The van der Waals surface area contributed by atoms with Crippen LogP contribution in [0.3, 0.4) is 0 Å². The Kier molecular flexibility index (Phi) is 103. The molecule has 5 heteroatoms. The summed E-state index contributed by atoms with van der Waals surface area (Å²) in [4.78, 5) is 0. The zero-order valence-corrected chi connectivity index (χ0v) is 3.31. The van der Waals surface area contributed by atoms with Crippen molar-refractivity contribution in [3.8, 4) is 0 Å². The van der Waals surface area contributed by atoms with Gasteiger partial charge in [0.05, 0.1) is 0 Å². The van der Waals surface area contributed by atoms with Crippen LogP contribution >= 0.6 is 0 Å². The molecule has 0 saturated carbocycles. The van der Waals surface area contributed by atoms with Crippen LogP contribution in [0.2, 0.25) is 0 Å². The maximum absolute atomic E-state index is 9.66. The molecule has 0 bridgehead atoms. The Morgan fingerprint density at radius 1 is 1.00 bits per heavy atom. The van der Waals surface area contributed by atoms with Crippen molar-refractivity contribution in [1.29, 1.82) is 0 Å². The van der Waals surface area contributed by atoms with E-state index in [0.29, 0.717) is 0 Å². The topological polar surface area (TPSA) is 63.0 Å². The molecular formula is H4F2MnO2. The van der Waals surface area contributed by atoms with E-state index in [9.17, 15) is 7.10 Å². The third kappa shape index (κ3) is 253. The first-order valence-corrected chi connectivity index (χ1v) is 1.18. The van der Waals surface area contributed by atoms with Crippen molar-refractivity contribution in [3.63, 3.8) is 0 Å². The molecule has 4 N–H and O–H groups in total. The zero-order chi connectivity index (χ0) is 2.71. The molecule has 0 aliphatic carbocycles. The van der Waals surface area contributed by atoms with Crippen LogP contribution in [-0.4, -0.2) is 11.0 Å². The third-order valence-electron chi connectivity index (χ3n) is 0. The minimum absolute atomic E-state index is 0. The van der Waals surface area contributed by atoms with Gasteiger partial charge in [-0.05, 0) is 0 Å². The number of halogens is 2. The second kappa shape index (κ2) is 27.7. The summed E-state index contributed by atoms with van der Waals surface area (Å²) in [6.07, 6.45) is 0. The molecule has 0 saturated heterocycles. The molecule has 2 nitrogen and oxygen atoms in total. The van der Waals surface area contributed by atoms with Gasteiger partial charge >= 0.3 is 23.0 Å². The van der Waals surface area contributed by atoms with Crippen molar-refractivity contribution in [2.75, 3.05) is 0 Å².